The molecule has 244 valence electrons. The van der Waals surface area contributed by atoms with Crippen LogP contribution >= 0.6 is 11.6 Å². The second-order valence-corrected chi connectivity index (χ2v) is 14.6. The van der Waals surface area contributed by atoms with Crippen molar-refractivity contribution < 1.29 is 22.4 Å². The Balaban J connectivity index is 1.20. The summed E-state index contributed by atoms with van der Waals surface area (Å²) < 4.78 is 29.7. The van der Waals surface area contributed by atoms with E-state index in [1.54, 1.807) is 0 Å². The maximum Gasteiger partial charge on any atom is 0.287 e. The highest BCUT2D eigenvalue weighted by Crippen LogP contribution is 2.29. The van der Waals surface area contributed by atoms with E-state index in [2.05, 4.69) is 28.4 Å². The molecule has 2 aliphatic rings. The summed E-state index contributed by atoms with van der Waals surface area (Å²) in [6.45, 7) is 3.02. The number of anilines is 1. The van der Waals surface area contributed by atoms with Gasteiger partial charge in [-0.15, -0.1) is 0 Å². The molecule has 0 spiro atoms. The van der Waals surface area contributed by atoms with Gasteiger partial charge in [0.15, 0.2) is 21.0 Å². The van der Waals surface area contributed by atoms with Gasteiger partial charge in [0.2, 0.25) is 5.91 Å². The molecule has 0 saturated carbocycles. The zero-order valence-electron chi connectivity index (χ0n) is 26.1. The number of fused-ring (bicyclic) bond motifs is 1. The average Bonchev–Trinajstić information content (AvgIpc) is 3.45. The molecule has 0 unspecified atom stereocenters. The number of carbonyl (C=O) groups is 2. The van der Waals surface area contributed by atoms with Crippen LogP contribution in [0.15, 0.2) is 98.6 Å². The van der Waals surface area contributed by atoms with E-state index in [1.165, 1.54) is 23.8 Å². The van der Waals surface area contributed by atoms with Gasteiger partial charge in [0, 0.05) is 55.6 Å². The number of rotatable bonds is 9. The van der Waals surface area contributed by atoms with Gasteiger partial charge >= 0.3 is 0 Å². The summed E-state index contributed by atoms with van der Waals surface area (Å²) in [5.74, 6) is -0.492. The van der Waals surface area contributed by atoms with E-state index in [1.807, 2.05) is 41.3 Å². The lowest BCUT2D eigenvalue weighted by atomic mass is 9.97. The van der Waals surface area contributed by atoms with Crippen molar-refractivity contribution in [3.8, 4) is 0 Å². The van der Waals surface area contributed by atoms with Crippen LogP contribution in [-0.4, -0.2) is 57.1 Å². The summed E-state index contributed by atoms with van der Waals surface area (Å²) in [6.07, 6.45) is 6.79. The molecule has 47 heavy (non-hydrogen) atoms. The van der Waals surface area contributed by atoms with E-state index in [0.29, 0.717) is 24.4 Å². The van der Waals surface area contributed by atoms with Crippen molar-refractivity contribution in [2.45, 2.75) is 49.6 Å². The molecular weight excluding hydrogens is 638 g/mol. The Morgan fingerprint density at radius 3 is 2.43 bits per heavy atom. The quantitative estimate of drug-likeness (QED) is 0.232. The summed E-state index contributed by atoms with van der Waals surface area (Å²) in [5.41, 5.74) is 4.11. The molecule has 2 amide bonds. The number of amides is 2. The Morgan fingerprint density at radius 2 is 1.72 bits per heavy atom. The minimum absolute atomic E-state index is 0.000355. The van der Waals surface area contributed by atoms with Crippen molar-refractivity contribution in [2.75, 3.05) is 30.8 Å². The molecule has 2 aliphatic heterocycles. The third kappa shape index (κ3) is 7.77. The predicted molar refractivity (Wildman–Crippen MR) is 183 cm³/mol. The first-order valence-corrected chi connectivity index (χ1v) is 17.9. The topological polar surface area (TPSA) is 117 Å². The fraction of sp³-hybridized carbons (Fsp3) is 0.306. The number of likely N-dealkylation sites (tertiary alicyclic amines) is 1. The number of piperidine rings is 1. The maximum absolute atomic E-state index is 13.5. The van der Waals surface area contributed by atoms with Crippen LogP contribution in [-0.2, 0) is 27.6 Å². The van der Waals surface area contributed by atoms with Crippen LogP contribution in [0.1, 0.15) is 47.4 Å². The van der Waals surface area contributed by atoms with Crippen LogP contribution in [0.5, 0.6) is 0 Å². The van der Waals surface area contributed by atoms with Gasteiger partial charge in [-0.25, -0.2) is 8.42 Å². The number of sulfone groups is 1. The molecule has 6 rings (SSSR count). The van der Waals surface area contributed by atoms with E-state index in [9.17, 15) is 22.8 Å². The summed E-state index contributed by atoms with van der Waals surface area (Å²) in [7, 11) is -3.52. The lowest BCUT2D eigenvalue weighted by Crippen LogP contribution is -2.37. The Bertz CT molecular complexity index is 2010. The van der Waals surface area contributed by atoms with E-state index in [0.717, 1.165) is 68.0 Å². The molecule has 1 atom stereocenters. The van der Waals surface area contributed by atoms with Gasteiger partial charge in [-0.1, -0.05) is 53.6 Å². The third-order valence-corrected chi connectivity index (χ3v) is 10.1. The molecule has 4 aromatic rings. The molecule has 1 aromatic heterocycles. The minimum atomic E-state index is -3.52. The highest BCUT2D eigenvalue weighted by molar-refractivity contribution is 7.90. The van der Waals surface area contributed by atoms with Crippen molar-refractivity contribution in [1.82, 2.24) is 10.2 Å². The fourth-order valence-electron chi connectivity index (χ4n) is 6.26. The lowest BCUT2D eigenvalue weighted by Gasteiger charge is -2.33. The van der Waals surface area contributed by atoms with Gasteiger partial charge in [-0.2, -0.15) is 0 Å². The number of hydrogen-bond donors (Lipinski definition) is 1. The van der Waals surface area contributed by atoms with E-state index >= 15 is 0 Å². The molecule has 2 saturated heterocycles. The van der Waals surface area contributed by atoms with Crippen LogP contribution < -0.4 is 15.6 Å². The molecule has 3 heterocycles. The average molecular weight is 674 g/mol. The molecule has 0 radical (unpaired) electrons. The van der Waals surface area contributed by atoms with E-state index < -0.39 is 27.2 Å². The Kier molecular flexibility index (Phi) is 9.52. The van der Waals surface area contributed by atoms with E-state index in [4.69, 9.17) is 16.0 Å². The first-order valence-electron chi connectivity index (χ1n) is 15.7. The zero-order valence-corrected chi connectivity index (χ0v) is 27.6. The first kappa shape index (κ1) is 32.5. The molecule has 0 aliphatic carbocycles. The maximum atomic E-state index is 13.5. The summed E-state index contributed by atoms with van der Waals surface area (Å²) in [5, 5.41) is 3.74. The number of para-hydroxylation sites is 1. The monoisotopic (exact) mass is 673 g/mol. The number of halogens is 1. The Labute approximate surface area is 278 Å². The molecule has 0 bridgehead atoms. The number of nitrogens with one attached hydrogen (secondary N) is 1. The van der Waals surface area contributed by atoms with Crippen molar-refractivity contribution in [2.24, 2.45) is 0 Å². The Morgan fingerprint density at radius 1 is 0.979 bits per heavy atom. The molecule has 2 fully saturated rings. The van der Waals surface area contributed by atoms with Gasteiger partial charge in [0.05, 0.1) is 16.3 Å². The van der Waals surface area contributed by atoms with Crippen LogP contribution in [0.2, 0.25) is 5.02 Å². The standard InChI is InChI=1S/C36H36ClN3O6S/c1-47(44,45)29-12-13-33-30(21-29)32(41)22-34(46-33)36(43)38-28(19-24-8-10-27(37)11-9-24)20-25-14-17-39(18-15-25)31-6-3-2-5-26(31)23-40-16-4-7-35(40)42/h2-3,5-6,8-13,20-22,28H,4,7,14-19,23H2,1H3,(H,38,43)/t28-/m0/s1. The van der Waals surface area contributed by atoms with Gasteiger partial charge in [-0.05, 0) is 73.2 Å². The molecule has 11 heteroatoms. The third-order valence-electron chi connectivity index (χ3n) is 8.74. The van der Waals surface area contributed by atoms with E-state index in [-0.39, 0.29) is 27.5 Å². The van der Waals surface area contributed by atoms with Crippen LogP contribution in [0.4, 0.5) is 5.69 Å². The van der Waals surface area contributed by atoms with Crippen molar-refractivity contribution in [3.63, 3.8) is 0 Å². The summed E-state index contributed by atoms with van der Waals surface area (Å²) in [6, 6.07) is 20.4. The van der Waals surface area contributed by atoms with Crippen LogP contribution in [0, 0.1) is 0 Å². The first-order chi connectivity index (χ1) is 22.5. The second-order valence-electron chi connectivity index (χ2n) is 12.2. The summed E-state index contributed by atoms with van der Waals surface area (Å²) >= 11 is 6.11. The zero-order chi connectivity index (χ0) is 33.1. The number of benzene rings is 3. The van der Waals surface area contributed by atoms with Crippen LogP contribution in [0.25, 0.3) is 11.0 Å². The van der Waals surface area contributed by atoms with Gasteiger partial charge < -0.3 is 19.5 Å². The predicted octanol–water partition coefficient (Wildman–Crippen LogP) is 5.54. The smallest absolute Gasteiger partial charge is 0.287 e. The number of nitrogens with zero attached hydrogens (tertiary/aromatic N) is 2. The highest BCUT2D eigenvalue weighted by atomic mass is 35.5. The Hall–Kier alpha value is -4.41. The number of carbonyl (C=O) groups excluding carboxylic acids is 2. The molecule has 9 nitrogen and oxygen atoms in total. The molecular formula is C36H36ClN3O6S. The minimum Gasteiger partial charge on any atom is -0.451 e. The normalized spacial score (nSPS) is 16.0. The largest absolute Gasteiger partial charge is 0.451 e. The van der Waals surface area contributed by atoms with Gasteiger partial charge in [0.25, 0.3) is 5.91 Å². The lowest BCUT2D eigenvalue weighted by molar-refractivity contribution is -0.128. The van der Waals surface area contributed by atoms with Crippen molar-refractivity contribution >= 4 is 49.9 Å². The second kappa shape index (κ2) is 13.8. The number of hydrogen-bond acceptors (Lipinski definition) is 7. The fourth-order valence-corrected chi connectivity index (χ4v) is 7.03. The van der Waals surface area contributed by atoms with Gasteiger partial charge in [-0.3, -0.25) is 14.4 Å². The molecule has 3 aromatic carbocycles. The van der Waals surface area contributed by atoms with Gasteiger partial charge in [0.1, 0.15) is 5.58 Å². The molecule has 1 N–H and O–H groups in total. The SMILES string of the molecule is CS(=O)(=O)c1ccc2oc(C(=O)N[C@H](C=C3CCN(c4ccccc4CN4CCCC4=O)CC3)Cc3ccc(Cl)cc3)cc(=O)c2c1. The highest BCUT2D eigenvalue weighted by Gasteiger charge is 2.24. The van der Waals surface area contributed by atoms with Crippen LogP contribution in [0.3, 0.4) is 0 Å². The van der Waals surface area contributed by atoms with Crippen molar-refractivity contribution in [3.05, 3.63) is 117 Å². The summed E-state index contributed by atoms with van der Waals surface area (Å²) in [4.78, 5) is 43.0. The van der Waals surface area contributed by atoms with Crippen molar-refractivity contribution in [1.29, 1.82) is 0 Å².